The first-order chi connectivity index (χ1) is 6.77. The number of hydrogen-bond acceptors (Lipinski definition) is 3. The molecule has 0 radical (unpaired) electrons. The van der Waals surface area contributed by atoms with Crippen molar-refractivity contribution in [2.75, 3.05) is 0 Å². The molecule has 0 heterocycles. The number of aldehydes is 1. The van der Waals surface area contributed by atoms with Crippen LogP contribution >= 0.6 is 0 Å². The molecule has 0 saturated carbocycles. The van der Waals surface area contributed by atoms with Gasteiger partial charge in [-0.25, -0.2) is 0 Å². The number of hydrogen-bond donors (Lipinski definition) is 1. The minimum Gasteiger partial charge on any atom is -0.464 e. The van der Waals surface area contributed by atoms with Crippen LogP contribution in [0.4, 0.5) is 0 Å². The van der Waals surface area contributed by atoms with Crippen LogP contribution in [-0.2, 0) is 0 Å². The maximum Gasteiger partial charge on any atom is 0.197 e. The zero-order chi connectivity index (χ0) is 10.4. The fourth-order valence-corrected chi connectivity index (χ4v) is 1.14. The minimum absolute atomic E-state index is 0.434. The zero-order valence-electron chi connectivity index (χ0n) is 8.14. The molecule has 0 bridgehead atoms. The van der Waals surface area contributed by atoms with Crippen molar-refractivity contribution in [2.45, 2.75) is 26.1 Å². The highest BCUT2D eigenvalue weighted by molar-refractivity contribution is 5.79. The molecule has 14 heavy (non-hydrogen) atoms. The lowest BCUT2D eigenvalue weighted by Crippen LogP contribution is -2.15. The van der Waals surface area contributed by atoms with Gasteiger partial charge in [0, 0.05) is 6.42 Å². The molecule has 0 spiro atoms. The highest BCUT2D eigenvalue weighted by Crippen LogP contribution is 2.17. The van der Waals surface area contributed by atoms with Gasteiger partial charge in [-0.3, -0.25) is 4.79 Å². The number of benzene rings is 1. The molecule has 3 heteroatoms. The van der Waals surface area contributed by atoms with E-state index in [0.29, 0.717) is 24.0 Å². The maximum absolute atomic E-state index is 10.6. The predicted molar refractivity (Wildman–Crippen MR) is 53.4 cm³/mol. The van der Waals surface area contributed by atoms with Crippen LogP contribution in [0.5, 0.6) is 5.75 Å². The molecule has 1 unspecified atom stereocenters. The second-order valence-electron chi connectivity index (χ2n) is 3.02. The summed E-state index contributed by atoms with van der Waals surface area (Å²) in [4.78, 5) is 10.6. The van der Waals surface area contributed by atoms with Gasteiger partial charge >= 0.3 is 0 Å². The van der Waals surface area contributed by atoms with Gasteiger partial charge in [-0.05, 0) is 12.1 Å². The average Bonchev–Trinajstić information content (AvgIpc) is 2.19. The van der Waals surface area contributed by atoms with Crippen molar-refractivity contribution in [1.82, 2.24) is 0 Å². The van der Waals surface area contributed by atoms with E-state index >= 15 is 0 Å². The topological polar surface area (TPSA) is 46.5 Å². The first-order valence-corrected chi connectivity index (χ1v) is 4.67. The molecule has 0 aromatic heterocycles. The van der Waals surface area contributed by atoms with Crippen molar-refractivity contribution < 1.29 is 14.6 Å². The van der Waals surface area contributed by atoms with Crippen molar-refractivity contribution in [1.29, 1.82) is 0 Å². The third kappa shape index (κ3) is 2.85. The Kier molecular flexibility index (Phi) is 4.13. The van der Waals surface area contributed by atoms with Crippen LogP contribution in [0.3, 0.4) is 0 Å². The lowest BCUT2D eigenvalue weighted by molar-refractivity contribution is -0.0235. The summed E-state index contributed by atoms with van der Waals surface area (Å²) in [6.45, 7) is 1.96. The molecule has 0 saturated heterocycles. The van der Waals surface area contributed by atoms with Gasteiger partial charge in [0.1, 0.15) is 5.75 Å². The number of carbonyl (C=O) groups excluding carboxylic acids is 1. The van der Waals surface area contributed by atoms with Gasteiger partial charge in [-0.15, -0.1) is 0 Å². The van der Waals surface area contributed by atoms with E-state index in [1.807, 2.05) is 6.92 Å². The second-order valence-corrected chi connectivity index (χ2v) is 3.02. The maximum atomic E-state index is 10.6. The zero-order valence-corrected chi connectivity index (χ0v) is 8.14. The SMILES string of the molecule is CCCC(O)Oc1ccccc1C=O. The molecule has 1 N–H and O–H groups in total. The van der Waals surface area contributed by atoms with Crippen LogP contribution in [-0.4, -0.2) is 17.7 Å². The molecule has 0 aliphatic heterocycles. The molecule has 0 fully saturated rings. The number of carbonyl (C=O) groups is 1. The Morgan fingerprint density at radius 1 is 1.50 bits per heavy atom. The van der Waals surface area contributed by atoms with E-state index in [0.717, 1.165) is 6.42 Å². The van der Waals surface area contributed by atoms with E-state index in [-0.39, 0.29) is 0 Å². The van der Waals surface area contributed by atoms with E-state index < -0.39 is 6.29 Å². The van der Waals surface area contributed by atoms with Crippen molar-refractivity contribution in [3.63, 3.8) is 0 Å². The van der Waals surface area contributed by atoms with Crippen LogP contribution in [0, 0.1) is 0 Å². The molecular formula is C11H14O3. The third-order valence-corrected chi connectivity index (χ3v) is 1.84. The molecule has 76 valence electrons. The number of ether oxygens (including phenoxy) is 1. The number of aliphatic hydroxyl groups is 1. The standard InChI is InChI=1S/C11H14O3/c1-2-5-11(13)14-10-7-4-3-6-9(10)8-12/h3-4,6-8,11,13H,2,5H2,1H3. The van der Waals surface area contributed by atoms with Crippen molar-refractivity contribution >= 4 is 6.29 Å². The van der Waals surface area contributed by atoms with Crippen LogP contribution < -0.4 is 4.74 Å². The van der Waals surface area contributed by atoms with Crippen molar-refractivity contribution in [3.05, 3.63) is 29.8 Å². The smallest absolute Gasteiger partial charge is 0.197 e. The molecule has 0 aliphatic carbocycles. The summed E-state index contributed by atoms with van der Waals surface area (Å²) in [6.07, 6.45) is 1.28. The predicted octanol–water partition coefficient (Wildman–Crippen LogP) is 2.00. The Labute approximate surface area is 83.3 Å². The first-order valence-electron chi connectivity index (χ1n) is 4.67. The largest absolute Gasteiger partial charge is 0.464 e. The van der Waals surface area contributed by atoms with Crippen LogP contribution in [0.2, 0.25) is 0 Å². The van der Waals surface area contributed by atoms with E-state index in [9.17, 15) is 9.90 Å². The van der Waals surface area contributed by atoms with Crippen LogP contribution in [0.25, 0.3) is 0 Å². The first kappa shape index (κ1) is 10.7. The molecule has 3 nitrogen and oxygen atoms in total. The summed E-state index contributed by atoms with van der Waals surface area (Å²) in [6, 6.07) is 6.84. The number of aliphatic hydroxyl groups excluding tert-OH is 1. The Bertz CT molecular complexity index is 296. The summed E-state index contributed by atoms with van der Waals surface area (Å²) in [5.41, 5.74) is 0.461. The van der Waals surface area contributed by atoms with Crippen molar-refractivity contribution in [2.24, 2.45) is 0 Å². The van der Waals surface area contributed by atoms with E-state index in [2.05, 4.69) is 0 Å². The second kappa shape index (κ2) is 5.40. The molecule has 1 aromatic rings. The van der Waals surface area contributed by atoms with E-state index in [1.165, 1.54) is 0 Å². The summed E-state index contributed by atoms with van der Waals surface area (Å²) in [5.74, 6) is 0.434. The van der Waals surface area contributed by atoms with Gasteiger partial charge in [0.15, 0.2) is 12.6 Å². The summed E-state index contributed by atoms with van der Waals surface area (Å²) in [5, 5.41) is 9.38. The number of para-hydroxylation sites is 1. The Hall–Kier alpha value is -1.35. The van der Waals surface area contributed by atoms with E-state index in [4.69, 9.17) is 4.74 Å². The highest BCUT2D eigenvalue weighted by atomic mass is 16.6. The monoisotopic (exact) mass is 194 g/mol. The van der Waals surface area contributed by atoms with Gasteiger partial charge in [0.05, 0.1) is 5.56 Å². The van der Waals surface area contributed by atoms with Gasteiger partial charge < -0.3 is 9.84 Å². The summed E-state index contributed by atoms with van der Waals surface area (Å²) in [7, 11) is 0. The Morgan fingerprint density at radius 3 is 2.86 bits per heavy atom. The van der Waals surface area contributed by atoms with Crippen LogP contribution in [0.1, 0.15) is 30.1 Å². The number of rotatable bonds is 5. The average molecular weight is 194 g/mol. The lowest BCUT2D eigenvalue weighted by Gasteiger charge is -2.13. The summed E-state index contributed by atoms with van der Waals surface area (Å²) >= 11 is 0. The summed E-state index contributed by atoms with van der Waals surface area (Å²) < 4.78 is 5.20. The fraction of sp³-hybridized carbons (Fsp3) is 0.364. The quantitative estimate of drug-likeness (QED) is 0.576. The van der Waals surface area contributed by atoms with Gasteiger partial charge in [0.25, 0.3) is 0 Å². The molecular weight excluding hydrogens is 180 g/mol. The molecule has 0 amide bonds. The van der Waals surface area contributed by atoms with Gasteiger partial charge in [-0.2, -0.15) is 0 Å². The van der Waals surface area contributed by atoms with Crippen molar-refractivity contribution in [3.8, 4) is 5.75 Å². The Balaban J connectivity index is 2.70. The van der Waals surface area contributed by atoms with E-state index in [1.54, 1.807) is 24.3 Å². The highest BCUT2D eigenvalue weighted by Gasteiger charge is 2.07. The lowest BCUT2D eigenvalue weighted by atomic mass is 10.2. The normalized spacial score (nSPS) is 12.1. The minimum atomic E-state index is -0.832. The third-order valence-electron chi connectivity index (χ3n) is 1.84. The molecule has 1 atom stereocenters. The molecule has 1 rings (SSSR count). The molecule has 0 aliphatic rings. The fourth-order valence-electron chi connectivity index (χ4n) is 1.14. The molecule has 1 aromatic carbocycles. The van der Waals surface area contributed by atoms with Gasteiger partial charge in [-0.1, -0.05) is 25.5 Å². The van der Waals surface area contributed by atoms with Gasteiger partial charge in [0.2, 0.25) is 0 Å². The Morgan fingerprint density at radius 2 is 2.21 bits per heavy atom. The van der Waals surface area contributed by atoms with Crippen LogP contribution in [0.15, 0.2) is 24.3 Å².